The lowest BCUT2D eigenvalue weighted by Crippen LogP contribution is -2.09. The Labute approximate surface area is 133 Å². The molecule has 0 fully saturated rings. The molecule has 0 aliphatic carbocycles. The largest absolute Gasteiger partial charge is 0.376 e. The van der Waals surface area contributed by atoms with Gasteiger partial charge in [0.15, 0.2) is 0 Å². The van der Waals surface area contributed by atoms with Gasteiger partial charge in [-0.3, -0.25) is 0 Å². The second kappa shape index (κ2) is 8.69. The Balaban J connectivity index is 1.90. The molecule has 0 atom stereocenters. The summed E-state index contributed by atoms with van der Waals surface area (Å²) in [5.74, 6) is 0. The molecule has 118 valence electrons. The van der Waals surface area contributed by atoms with Gasteiger partial charge in [-0.15, -0.1) is 0 Å². The predicted molar refractivity (Wildman–Crippen MR) is 90.5 cm³/mol. The Morgan fingerprint density at radius 2 is 1.68 bits per heavy atom. The lowest BCUT2D eigenvalue weighted by atomic mass is 9.99. The fourth-order valence-electron chi connectivity index (χ4n) is 2.29. The van der Waals surface area contributed by atoms with Gasteiger partial charge in [0.2, 0.25) is 0 Å². The maximum atomic E-state index is 5.80. The number of nitrogens with two attached hydrogens (primary N) is 1. The third kappa shape index (κ3) is 4.95. The summed E-state index contributed by atoms with van der Waals surface area (Å²) in [6.07, 6.45) is 0.255. The molecular formula is C19H25NO2. The van der Waals surface area contributed by atoms with Gasteiger partial charge in [0.1, 0.15) is 0 Å². The molecule has 0 radical (unpaired) electrons. The van der Waals surface area contributed by atoms with Gasteiger partial charge in [-0.05, 0) is 36.1 Å². The maximum absolute atomic E-state index is 5.80. The van der Waals surface area contributed by atoms with Crippen LogP contribution in [-0.4, -0.2) is 19.3 Å². The highest BCUT2D eigenvalue weighted by atomic mass is 16.5. The van der Waals surface area contributed by atoms with Crippen molar-refractivity contribution in [3.8, 4) is 11.1 Å². The van der Waals surface area contributed by atoms with Gasteiger partial charge in [0.05, 0.1) is 25.9 Å². The number of hydrogen-bond acceptors (Lipinski definition) is 3. The summed E-state index contributed by atoms with van der Waals surface area (Å²) in [6, 6.07) is 16.7. The van der Waals surface area contributed by atoms with E-state index in [1.165, 1.54) is 16.7 Å². The molecule has 0 bridgehead atoms. The molecule has 0 aliphatic heterocycles. The first-order valence-electron chi connectivity index (χ1n) is 7.77. The third-order valence-electron chi connectivity index (χ3n) is 3.45. The van der Waals surface area contributed by atoms with E-state index in [1.807, 2.05) is 26.0 Å². The average molecular weight is 299 g/mol. The van der Waals surface area contributed by atoms with E-state index in [1.54, 1.807) is 0 Å². The van der Waals surface area contributed by atoms with Crippen molar-refractivity contribution >= 4 is 0 Å². The van der Waals surface area contributed by atoms with Gasteiger partial charge in [0.25, 0.3) is 0 Å². The molecule has 2 N–H and O–H groups in total. The lowest BCUT2D eigenvalue weighted by molar-refractivity contribution is 0.0143. The molecule has 22 heavy (non-hydrogen) atoms. The second-order valence-corrected chi connectivity index (χ2v) is 5.53. The second-order valence-electron chi connectivity index (χ2n) is 5.53. The van der Waals surface area contributed by atoms with Gasteiger partial charge in [-0.1, -0.05) is 48.5 Å². The van der Waals surface area contributed by atoms with E-state index < -0.39 is 0 Å². The first-order valence-corrected chi connectivity index (χ1v) is 7.77. The highest BCUT2D eigenvalue weighted by Gasteiger charge is 2.03. The van der Waals surface area contributed by atoms with Gasteiger partial charge in [0, 0.05) is 6.54 Å². The van der Waals surface area contributed by atoms with Crippen LogP contribution in [0.25, 0.3) is 11.1 Å². The van der Waals surface area contributed by atoms with Gasteiger partial charge < -0.3 is 15.2 Å². The highest BCUT2D eigenvalue weighted by Crippen LogP contribution is 2.23. The smallest absolute Gasteiger partial charge is 0.0718 e. The molecule has 3 heteroatoms. The van der Waals surface area contributed by atoms with Gasteiger partial charge in [-0.2, -0.15) is 0 Å². The van der Waals surface area contributed by atoms with Crippen molar-refractivity contribution in [1.29, 1.82) is 0 Å². The van der Waals surface area contributed by atoms with Crippen molar-refractivity contribution in [3.05, 3.63) is 59.7 Å². The Bertz CT molecular complexity index is 564. The van der Waals surface area contributed by atoms with E-state index in [9.17, 15) is 0 Å². The van der Waals surface area contributed by atoms with Gasteiger partial charge in [-0.25, -0.2) is 0 Å². The minimum atomic E-state index is 0.255. The van der Waals surface area contributed by atoms with E-state index in [-0.39, 0.29) is 6.10 Å². The highest BCUT2D eigenvalue weighted by molar-refractivity contribution is 5.67. The third-order valence-corrected chi connectivity index (χ3v) is 3.45. The molecule has 0 aliphatic rings. The SMILES string of the molecule is CC(C)OCCOCc1ccc(-c2ccccc2CN)cc1. The molecule has 2 aromatic carbocycles. The lowest BCUT2D eigenvalue weighted by Gasteiger charge is -2.10. The molecule has 2 aromatic rings. The molecule has 0 unspecified atom stereocenters. The Morgan fingerprint density at radius 1 is 0.955 bits per heavy atom. The van der Waals surface area contributed by atoms with E-state index >= 15 is 0 Å². The minimum Gasteiger partial charge on any atom is -0.376 e. The summed E-state index contributed by atoms with van der Waals surface area (Å²) in [4.78, 5) is 0. The monoisotopic (exact) mass is 299 g/mol. The van der Waals surface area contributed by atoms with E-state index in [4.69, 9.17) is 15.2 Å². The molecule has 0 saturated heterocycles. The van der Waals surface area contributed by atoms with Crippen LogP contribution in [0.15, 0.2) is 48.5 Å². The summed E-state index contributed by atoms with van der Waals surface area (Å²) < 4.78 is 11.1. The van der Waals surface area contributed by atoms with Crippen LogP contribution in [0.2, 0.25) is 0 Å². The van der Waals surface area contributed by atoms with Crippen LogP contribution in [0.5, 0.6) is 0 Å². The van der Waals surface area contributed by atoms with Crippen LogP contribution in [-0.2, 0) is 22.6 Å². The number of ether oxygens (including phenoxy) is 2. The normalized spacial score (nSPS) is 11.1. The minimum absolute atomic E-state index is 0.255. The summed E-state index contributed by atoms with van der Waals surface area (Å²) in [6.45, 7) is 6.47. The quantitative estimate of drug-likeness (QED) is 0.755. The topological polar surface area (TPSA) is 44.5 Å². The number of rotatable bonds is 8. The maximum Gasteiger partial charge on any atom is 0.0718 e. The summed E-state index contributed by atoms with van der Waals surface area (Å²) in [5, 5.41) is 0. The van der Waals surface area contributed by atoms with E-state index in [2.05, 4.69) is 36.4 Å². The van der Waals surface area contributed by atoms with Crippen molar-refractivity contribution in [1.82, 2.24) is 0 Å². The molecule has 0 aromatic heterocycles. The first-order chi connectivity index (χ1) is 10.7. The Morgan fingerprint density at radius 3 is 2.36 bits per heavy atom. The molecule has 0 spiro atoms. The predicted octanol–water partition coefficient (Wildman–Crippen LogP) is 3.75. The molecule has 0 heterocycles. The number of hydrogen-bond donors (Lipinski definition) is 1. The fourth-order valence-corrected chi connectivity index (χ4v) is 2.29. The van der Waals surface area contributed by atoms with Crippen LogP contribution >= 0.6 is 0 Å². The zero-order valence-corrected chi connectivity index (χ0v) is 13.4. The standard InChI is InChI=1S/C19H25NO2/c1-15(2)22-12-11-21-14-16-7-9-17(10-8-16)19-6-4-3-5-18(19)13-20/h3-10,15H,11-14,20H2,1-2H3. The van der Waals surface area contributed by atoms with Crippen LogP contribution in [0, 0.1) is 0 Å². The molecule has 3 nitrogen and oxygen atoms in total. The summed E-state index contributed by atoms with van der Waals surface area (Å²) in [7, 11) is 0. The van der Waals surface area contributed by atoms with E-state index in [0.717, 1.165) is 5.56 Å². The number of benzene rings is 2. The average Bonchev–Trinajstić information content (AvgIpc) is 2.55. The van der Waals surface area contributed by atoms with Gasteiger partial charge >= 0.3 is 0 Å². The molecular weight excluding hydrogens is 274 g/mol. The van der Waals surface area contributed by atoms with Crippen LogP contribution in [0.4, 0.5) is 0 Å². The van der Waals surface area contributed by atoms with Crippen LogP contribution in [0.1, 0.15) is 25.0 Å². The zero-order chi connectivity index (χ0) is 15.8. The summed E-state index contributed by atoms with van der Waals surface area (Å²) >= 11 is 0. The summed E-state index contributed by atoms with van der Waals surface area (Å²) in [5.41, 5.74) is 10.5. The van der Waals surface area contributed by atoms with Crippen molar-refractivity contribution in [2.45, 2.75) is 33.1 Å². The van der Waals surface area contributed by atoms with Crippen molar-refractivity contribution in [2.24, 2.45) is 5.73 Å². The Hall–Kier alpha value is -1.68. The van der Waals surface area contributed by atoms with Crippen LogP contribution in [0.3, 0.4) is 0 Å². The molecule has 2 rings (SSSR count). The Kier molecular flexibility index (Phi) is 6.59. The van der Waals surface area contributed by atoms with Crippen molar-refractivity contribution < 1.29 is 9.47 Å². The first kappa shape index (κ1) is 16.7. The zero-order valence-electron chi connectivity index (χ0n) is 13.4. The van der Waals surface area contributed by atoms with E-state index in [0.29, 0.717) is 26.4 Å². The fraction of sp³-hybridized carbons (Fsp3) is 0.368. The molecule has 0 saturated carbocycles. The molecule has 0 amide bonds. The van der Waals surface area contributed by atoms with Crippen molar-refractivity contribution in [3.63, 3.8) is 0 Å². The van der Waals surface area contributed by atoms with Crippen LogP contribution < -0.4 is 5.73 Å². The van der Waals surface area contributed by atoms with Crippen molar-refractivity contribution in [2.75, 3.05) is 13.2 Å².